The number of Topliss-reactive ketones (excluding diaryl/α,β-unsaturated/α-hetero) is 1. The Morgan fingerprint density at radius 1 is 1.00 bits per heavy atom. The van der Waals surface area contributed by atoms with Crippen molar-refractivity contribution in [2.24, 2.45) is 5.92 Å². The minimum Gasteiger partial charge on any atom is -0.367 e. The van der Waals surface area contributed by atoms with Gasteiger partial charge in [0.25, 0.3) is 0 Å². The van der Waals surface area contributed by atoms with Gasteiger partial charge in [0.05, 0.1) is 22.9 Å². The minimum atomic E-state index is 0.238. The fraction of sp³-hybridized carbons (Fsp3) is 0.214. The molecule has 1 aliphatic carbocycles. The standard InChI is InChI=1S/C28H25N5O/c34-26(17-20-5-6-20)22-9-7-21(8-10-22)25-18-31-28-27(30-16-13-19-11-14-29-15-12-19)32-23-3-1-2-4-24(23)33(25)28/h1-4,7-12,14-15,18,20H,5-6,13,16-17H2,(H,30,32). The number of anilines is 1. The van der Waals surface area contributed by atoms with E-state index in [1.807, 2.05) is 73.2 Å². The number of fused-ring (bicyclic) bond motifs is 3. The third-order valence-electron chi connectivity index (χ3n) is 6.46. The maximum absolute atomic E-state index is 12.5. The molecule has 0 atom stereocenters. The van der Waals surface area contributed by atoms with Gasteiger partial charge in [0.2, 0.25) is 0 Å². The topological polar surface area (TPSA) is 72.2 Å². The van der Waals surface area contributed by atoms with Gasteiger partial charge in [0, 0.05) is 36.5 Å². The predicted octanol–water partition coefficient (Wildman–Crippen LogP) is 5.58. The Balaban J connectivity index is 1.34. The Kier molecular flexibility index (Phi) is 5.26. The summed E-state index contributed by atoms with van der Waals surface area (Å²) < 4.78 is 2.15. The van der Waals surface area contributed by atoms with Crippen LogP contribution in [0.15, 0.2) is 79.3 Å². The summed E-state index contributed by atoms with van der Waals surface area (Å²) in [5, 5.41) is 3.48. The zero-order valence-corrected chi connectivity index (χ0v) is 18.8. The number of hydrogen-bond donors (Lipinski definition) is 1. The lowest BCUT2D eigenvalue weighted by molar-refractivity contribution is 0.0976. The fourth-order valence-electron chi connectivity index (χ4n) is 4.41. The predicted molar refractivity (Wildman–Crippen MR) is 134 cm³/mol. The van der Waals surface area contributed by atoms with Crippen LogP contribution in [0.1, 0.15) is 35.2 Å². The van der Waals surface area contributed by atoms with E-state index in [0.717, 1.165) is 52.3 Å². The highest BCUT2D eigenvalue weighted by Gasteiger charge is 2.25. The van der Waals surface area contributed by atoms with Crippen molar-refractivity contribution < 1.29 is 4.79 Å². The van der Waals surface area contributed by atoms with Crippen LogP contribution in [0.2, 0.25) is 0 Å². The molecule has 1 N–H and O–H groups in total. The molecule has 1 saturated carbocycles. The number of carbonyl (C=O) groups excluding carboxylic acids is 1. The first-order valence-electron chi connectivity index (χ1n) is 11.8. The van der Waals surface area contributed by atoms with Crippen molar-refractivity contribution in [3.05, 3.63) is 90.4 Å². The fourth-order valence-corrected chi connectivity index (χ4v) is 4.41. The first kappa shape index (κ1) is 20.5. The van der Waals surface area contributed by atoms with E-state index in [1.165, 1.54) is 18.4 Å². The summed E-state index contributed by atoms with van der Waals surface area (Å²) in [7, 11) is 0. The summed E-state index contributed by atoms with van der Waals surface area (Å²) in [4.78, 5) is 26.2. The number of nitrogens with one attached hydrogen (secondary N) is 1. The number of rotatable bonds is 8. The highest BCUT2D eigenvalue weighted by molar-refractivity contribution is 5.97. The summed E-state index contributed by atoms with van der Waals surface area (Å²) in [5.74, 6) is 1.59. The Bertz CT molecular complexity index is 1470. The molecule has 6 rings (SSSR count). The highest BCUT2D eigenvalue weighted by Crippen LogP contribution is 2.34. The number of benzene rings is 2. The van der Waals surface area contributed by atoms with E-state index in [9.17, 15) is 4.79 Å². The molecule has 34 heavy (non-hydrogen) atoms. The number of imidazole rings is 1. The third kappa shape index (κ3) is 4.03. The summed E-state index contributed by atoms with van der Waals surface area (Å²) in [6.07, 6.45) is 9.42. The average Bonchev–Trinajstić information content (AvgIpc) is 3.58. The minimum absolute atomic E-state index is 0.238. The number of para-hydroxylation sites is 2. The molecule has 3 aromatic heterocycles. The van der Waals surface area contributed by atoms with Crippen LogP contribution in [0.5, 0.6) is 0 Å². The highest BCUT2D eigenvalue weighted by atomic mass is 16.1. The molecule has 1 aliphatic rings. The Morgan fingerprint density at radius 3 is 2.59 bits per heavy atom. The smallest absolute Gasteiger partial charge is 0.181 e. The van der Waals surface area contributed by atoms with Gasteiger partial charge >= 0.3 is 0 Å². The lowest BCUT2D eigenvalue weighted by atomic mass is 10.0. The summed E-state index contributed by atoms with van der Waals surface area (Å²) >= 11 is 0. The van der Waals surface area contributed by atoms with Gasteiger partial charge in [0.15, 0.2) is 17.2 Å². The van der Waals surface area contributed by atoms with Crippen molar-refractivity contribution in [1.29, 1.82) is 0 Å². The summed E-state index contributed by atoms with van der Waals surface area (Å²) in [6, 6.07) is 20.1. The number of aromatic nitrogens is 4. The van der Waals surface area contributed by atoms with Gasteiger partial charge in [-0.3, -0.25) is 14.2 Å². The molecule has 0 amide bonds. The van der Waals surface area contributed by atoms with E-state index in [0.29, 0.717) is 12.3 Å². The van der Waals surface area contributed by atoms with Gasteiger partial charge in [-0.15, -0.1) is 0 Å². The monoisotopic (exact) mass is 447 g/mol. The van der Waals surface area contributed by atoms with E-state index in [-0.39, 0.29) is 5.78 Å². The summed E-state index contributed by atoms with van der Waals surface area (Å²) in [6.45, 7) is 0.741. The Hall–Kier alpha value is -4.06. The first-order chi connectivity index (χ1) is 16.8. The second-order valence-corrected chi connectivity index (χ2v) is 8.93. The molecule has 0 radical (unpaired) electrons. The van der Waals surface area contributed by atoms with E-state index in [1.54, 1.807) is 0 Å². The second-order valence-electron chi connectivity index (χ2n) is 8.93. The number of hydrogen-bond acceptors (Lipinski definition) is 5. The molecule has 1 fully saturated rings. The zero-order valence-electron chi connectivity index (χ0n) is 18.8. The Labute approximate surface area is 197 Å². The van der Waals surface area contributed by atoms with E-state index in [2.05, 4.69) is 20.8 Å². The molecular formula is C28H25N5O. The lowest BCUT2D eigenvalue weighted by Crippen LogP contribution is -2.09. The molecule has 6 nitrogen and oxygen atoms in total. The van der Waals surface area contributed by atoms with Crippen molar-refractivity contribution in [1.82, 2.24) is 19.4 Å². The zero-order chi connectivity index (χ0) is 22.9. The van der Waals surface area contributed by atoms with E-state index in [4.69, 9.17) is 9.97 Å². The average molecular weight is 448 g/mol. The number of pyridine rings is 1. The lowest BCUT2D eigenvalue weighted by Gasteiger charge is -2.12. The molecule has 6 heteroatoms. The van der Waals surface area contributed by atoms with Crippen molar-refractivity contribution >= 4 is 28.3 Å². The third-order valence-corrected chi connectivity index (χ3v) is 6.46. The maximum Gasteiger partial charge on any atom is 0.181 e. The quantitative estimate of drug-likeness (QED) is 0.314. The van der Waals surface area contributed by atoms with Gasteiger partial charge in [0.1, 0.15) is 0 Å². The van der Waals surface area contributed by atoms with Crippen LogP contribution in [-0.2, 0) is 6.42 Å². The normalized spacial score (nSPS) is 13.4. The molecule has 3 heterocycles. The van der Waals surface area contributed by atoms with Crippen LogP contribution in [0.3, 0.4) is 0 Å². The van der Waals surface area contributed by atoms with Gasteiger partial charge < -0.3 is 5.32 Å². The molecule has 168 valence electrons. The molecule has 0 unspecified atom stereocenters. The van der Waals surface area contributed by atoms with Crippen LogP contribution in [0.25, 0.3) is 27.9 Å². The molecule has 5 aromatic rings. The van der Waals surface area contributed by atoms with Crippen LogP contribution < -0.4 is 5.32 Å². The van der Waals surface area contributed by atoms with Crippen molar-refractivity contribution in [2.45, 2.75) is 25.7 Å². The van der Waals surface area contributed by atoms with Crippen LogP contribution >= 0.6 is 0 Å². The number of carbonyl (C=O) groups is 1. The SMILES string of the molecule is O=C(CC1CC1)c1ccc(-c2cnc3c(NCCc4ccncc4)nc4ccccc4n23)cc1. The van der Waals surface area contributed by atoms with Gasteiger partial charge in [-0.2, -0.15) is 0 Å². The molecule has 0 spiro atoms. The maximum atomic E-state index is 12.5. The largest absolute Gasteiger partial charge is 0.367 e. The second kappa shape index (κ2) is 8.71. The Morgan fingerprint density at radius 2 is 1.79 bits per heavy atom. The summed E-state index contributed by atoms with van der Waals surface area (Å²) in [5.41, 5.74) is 6.70. The molecular weight excluding hydrogens is 422 g/mol. The van der Waals surface area contributed by atoms with Gasteiger partial charge in [-0.25, -0.2) is 9.97 Å². The van der Waals surface area contributed by atoms with Crippen LogP contribution in [-0.4, -0.2) is 31.7 Å². The molecule has 0 bridgehead atoms. The van der Waals surface area contributed by atoms with Crippen LogP contribution in [0.4, 0.5) is 5.82 Å². The number of ketones is 1. The van der Waals surface area contributed by atoms with E-state index >= 15 is 0 Å². The van der Waals surface area contributed by atoms with Crippen molar-refractivity contribution in [2.75, 3.05) is 11.9 Å². The molecule has 2 aromatic carbocycles. The molecule has 0 saturated heterocycles. The first-order valence-corrected chi connectivity index (χ1v) is 11.8. The van der Waals surface area contributed by atoms with Crippen LogP contribution in [0, 0.1) is 5.92 Å². The molecule has 0 aliphatic heterocycles. The van der Waals surface area contributed by atoms with Gasteiger partial charge in [-0.05, 0) is 55.0 Å². The van der Waals surface area contributed by atoms with Gasteiger partial charge in [-0.1, -0.05) is 36.4 Å². The van der Waals surface area contributed by atoms with E-state index < -0.39 is 0 Å². The van der Waals surface area contributed by atoms with Crippen molar-refractivity contribution in [3.63, 3.8) is 0 Å². The van der Waals surface area contributed by atoms with Crippen molar-refractivity contribution in [3.8, 4) is 11.3 Å². The number of nitrogens with zero attached hydrogens (tertiary/aromatic N) is 4.